The molecule has 2 aliphatic rings. The van der Waals surface area contributed by atoms with Crippen LogP contribution in [0.5, 0.6) is 0 Å². The molecule has 0 heterocycles. The maximum absolute atomic E-state index is 12.6. The van der Waals surface area contributed by atoms with E-state index in [0.717, 1.165) is 19.4 Å². The van der Waals surface area contributed by atoms with Crippen molar-refractivity contribution in [3.63, 3.8) is 0 Å². The molecule has 28 heavy (non-hydrogen) atoms. The van der Waals surface area contributed by atoms with Gasteiger partial charge in [0.25, 0.3) is 0 Å². The van der Waals surface area contributed by atoms with Gasteiger partial charge in [-0.2, -0.15) is 0 Å². The summed E-state index contributed by atoms with van der Waals surface area (Å²) in [6.45, 7) is 21.0. The Kier molecular flexibility index (Phi) is 7.64. The lowest BCUT2D eigenvalue weighted by Gasteiger charge is -2.48. The molecule has 1 saturated carbocycles. The van der Waals surface area contributed by atoms with E-state index in [2.05, 4.69) is 66.8 Å². The Hall–Kier alpha value is -0.613. The fourth-order valence-corrected chi connectivity index (χ4v) is 5.54. The van der Waals surface area contributed by atoms with Crippen LogP contribution in [0.3, 0.4) is 0 Å². The van der Waals surface area contributed by atoms with E-state index in [1.165, 1.54) is 6.42 Å². The molecule has 0 spiro atoms. The zero-order valence-corrected chi connectivity index (χ0v) is 20.7. The number of fused-ring (bicyclic) bond motifs is 1. The molecular formula is C24H44O3Si. The number of carbonyl (C=O) groups excluding carboxylic acids is 1. The zero-order valence-electron chi connectivity index (χ0n) is 19.7. The number of carbonyl (C=O) groups is 1. The summed E-state index contributed by atoms with van der Waals surface area (Å²) in [4.78, 5) is 12.6. The number of allylic oxidation sites excluding steroid dienone is 2. The summed E-state index contributed by atoms with van der Waals surface area (Å²) < 4.78 is 12.8. The van der Waals surface area contributed by atoms with Crippen LogP contribution < -0.4 is 0 Å². The minimum absolute atomic E-state index is 0.0193. The number of hydrogen-bond donors (Lipinski definition) is 0. The maximum Gasteiger partial charge on any atom is 0.308 e. The first-order chi connectivity index (χ1) is 12.9. The van der Waals surface area contributed by atoms with E-state index in [1.807, 2.05) is 6.92 Å². The van der Waals surface area contributed by atoms with E-state index in [1.54, 1.807) is 0 Å². The number of esters is 1. The molecule has 2 rings (SSSR count). The third-order valence-corrected chi connectivity index (χ3v) is 12.3. The van der Waals surface area contributed by atoms with Crippen molar-refractivity contribution in [3.05, 3.63) is 12.2 Å². The van der Waals surface area contributed by atoms with Crippen LogP contribution in [-0.4, -0.2) is 27.0 Å². The van der Waals surface area contributed by atoms with Gasteiger partial charge < -0.3 is 9.16 Å². The molecule has 4 heteroatoms. The van der Waals surface area contributed by atoms with Gasteiger partial charge in [0, 0.05) is 12.5 Å². The van der Waals surface area contributed by atoms with E-state index in [9.17, 15) is 4.79 Å². The number of hydrogen-bond acceptors (Lipinski definition) is 3. The predicted molar refractivity (Wildman–Crippen MR) is 120 cm³/mol. The summed E-state index contributed by atoms with van der Waals surface area (Å²) in [6, 6.07) is 0. The van der Waals surface area contributed by atoms with Crippen molar-refractivity contribution in [3.8, 4) is 0 Å². The van der Waals surface area contributed by atoms with Crippen LogP contribution in [0.4, 0.5) is 0 Å². The fraction of sp³-hybridized carbons (Fsp3) is 0.875. The van der Waals surface area contributed by atoms with Crippen LogP contribution in [-0.2, 0) is 14.0 Å². The molecular weight excluding hydrogens is 364 g/mol. The van der Waals surface area contributed by atoms with E-state index >= 15 is 0 Å². The molecule has 0 aromatic rings. The van der Waals surface area contributed by atoms with Crippen LogP contribution in [0.15, 0.2) is 12.2 Å². The van der Waals surface area contributed by atoms with Crippen LogP contribution >= 0.6 is 0 Å². The van der Waals surface area contributed by atoms with E-state index in [0.29, 0.717) is 29.6 Å². The van der Waals surface area contributed by atoms with Crippen LogP contribution in [0.25, 0.3) is 0 Å². The Bertz CT molecular complexity index is 563. The first-order valence-electron chi connectivity index (χ1n) is 11.4. The molecule has 162 valence electrons. The summed E-state index contributed by atoms with van der Waals surface area (Å²) in [7, 11) is -1.80. The Labute approximate surface area is 174 Å². The summed E-state index contributed by atoms with van der Waals surface area (Å²) in [5, 5.41) is 0.212. The number of rotatable bonds is 6. The molecule has 0 aromatic carbocycles. The van der Waals surface area contributed by atoms with Gasteiger partial charge in [0.1, 0.15) is 6.10 Å². The van der Waals surface area contributed by atoms with Gasteiger partial charge in [0.15, 0.2) is 8.32 Å². The lowest BCUT2D eigenvalue weighted by atomic mass is 9.62. The van der Waals surface area contributed by atoms with Gasteiger partial charge in [-0.15, -0.1) is 0 Å². The van der Waals surface area contributed by atoms with Crippen molar-refractivity contribution >= 4 is 14.3 Å². The monoisotopic (exact) mass is 408 g/mol. The molecule has 0 aliphatic heterocycles. The van der Waals surface area contributed by atoms with Gasteiger partial charge in [-0.25, -0.2) is 0 Å². The first-order valence-corrected chi connectivity index (χ1v) is 14.3. The zero-order chi connectivity index (χ0) is 21.3. The van der Waals surface area contributed by atoms with Gasteiger partial charge in [-0.05, 0) is 61.1 Å². The maximum atomic E-state index is 12.6. The topological polar surface area (TPSA) is 35.5 Å². The van der Waals surface area contributed by atoms with Gasteiger partial charge in [-0.1, -0.05) is 60.6 Å². The van der Waals surface area contributed by atoms with Crippen molar-refractivity contribution in [2.75, 3.05) is 6.61 Å². The lowest BCUT2D eigenvalue weighted by molar-refractivity contribution is -0.164. The summed E-state index contributed by atoms with van der Waals surface area (Å²) in [6.07, 6.45) is 7.83. The van der Waals surface area contributed by atoms with E-state index < -0.39 is 8.32 Å². The number of ether oxygens (including phenoxy) is 1. The highest BCUT2D eigenvalue weighted by Gasteiger charge is 2.46. The normalized spacial score (nSPS) is 34.6. The fourth-order valence-electron chi connectivity index (χ4n) is 4.50. The second kappa shape index (κ2) is 9.03. The van der Waals surface area contributed by atoms with Crippen LogP contribution in [0.1, 0.15) is 67.7 Å². The van der Waals surface area contributed by atoms with E-state index in [4.69, 9.17) is 9.16 Å². The Morgan fingerprint density at radius 2 is 1.82 bits per heavy atom. The third-order valence-electron chi connectivity index (χ3n) is 7.79. The van der Waals surface area contributed by atoms with Crippen molar-refractivity contribution in [2.24, 2.45) is 35.5 Å². The highest BCUT2D eigenvalue weighted by Crippen LogP contribution is 2.47. The average Bonchev–Trinajstić information content (AvgIpc) is 2.59. The summed E-state index contributed by atoms with van der Waals surface area (Å²) >= 11 is 0. The minimum atomic E-state index is -1.80. The highest BCUT2D eigenvalue weighted by molar-refractivity contribution is 6.74. The van der Waals surface area contributed by atoms with Gasteiger partial charge in [0.05, 0.1) is 5.92 Å². The van der Waals surface area contributed by atoms with Gasteiger partial charge in [-0.3, -0.25) is 4.79 Å². The Balaban J connectivity index is 2.21. The van der Waals surface area contributed by atoms with Crippen LogP contribution in [0, 0.1) is 35.5 Å². The van der Waals surface area contributed by atoms with Crippen LogP contribution in [0.2, 0.25) is 18.1 Å². The standard InChI is InChI=1S/C24H44O3Si/c1-10-17(3)23(25)27-21-14-16(2)13-19-12-11-18(4)20(22(19)21)15-26-28(8,9)24(5,6)7/h11-12,16-22H,10,13-15H2,1-9H3/t16-,17+,18+,19+,20+,21+,22+/m1/s1. The SMILES string of the molecule is CC[C@H](C)C(=O)O[C@H]1C[C@H](C)C[C@@H]2C=C[C@H](C)[C@H](CO[Si](C)(C)C(C)(C)C)[C@@H]12. The van der Waals surface area contributed by atoms with Crippen molar-refractivity contribution < 1.29 is 14.0 Å². The summed E-state index contributed by atoms with van der Waals surface area (Å²) in [5.41, 5.74) is 0. The second-order valence-electron chi connectivity index (χ2n) is 11.1. The first kappa shape index (κ1) is 23.7. The molecule has 0 bridgehead atoms. The molecule has 0 amide bonds. The smallest absolute Gasteiger partial charge is 0.308 e. The minimum Gasteiger partial charge on any atom is -0.462 e. The van der Waals surface area contributed by atoms with E-state index in [-0.39, 0.29) is 23.0 Å². The van der Waals surface area contributed by atoms with Gasteiger partial charge >= 0.3 is 5.97 Å². The van der Waals surface area contributed by atoms with Gasteiger partial charge in [0.2, 0.25) is 0 Å². The van der Waals surface area contributed by atoms with Crippen molar-refractivity contribution in [1.82, 2.24) is 0 Å². The molecule has 7 atom stereocenters. The largest absolute Gasteiger partial charge is 0.462 e. The van der Waals surface area contributed by atoms with Crippen molar-refractivity contribution in [2.45, 2.75) is 92.0 Å². The molecule has 0 saturated heterocycles. The third kappa shape index (κ3) is 5.30. The molecule has 0 N–H and O–H groups in total. The quantitative estimate of drug-likeness (QED) is 0.288. The summed E-state index contributed by atoms with van der Waals surface area (Å²) in [5.74, 6) is 2.32. The molecule has 0 radical (unpaired) electrons. The van der Waals surface area contributed by atoms with Crippen molar-refractivity contribution in [1.29, 1.82) is 0 Å². The second-order valence-corrected chi connectivity index (χ2v) is 15.9. The Morgan fingerprint density at radius 3 is 2.39 bits per heavy atom. The Morgan fingerprint density at radius 1 is 1.18 bits per heavy atom. The molecule has 2 aliphatic carbocycles. The lowest BCUT2D eigenvalue weighted by Crippen LogP contribution is -2.49. The average molecular weight is 409 g/mol. The molecule has 1 fully saturated rings. The molecule has 0 aromatic heterocycles. The predicted octanol–water partition coefficient (Wildman–Crippen LogP) is 6.45. The molecule has 3 nitrogen and oxygen atoms in total. The highest BCUT2D eigenvalue weighted by atomic mass is 28.4. The molecule has 0 unspecified atom stereocenters.